The molecule has 1 aromatic carbocycles. The molecule has 0 N–H and O–H groups in total. The zero-order valence-corrected chi connectivity index (χ0v) is 9.89. The van der Waals surface area contributed by atoms with Gasteiger partial charge in [0.05, 0.1) is 0 Å². The molecular weight excluding hydrogens is 147 g/mol. The molecule has 0 aliphatic carbocycles. The zero-order chi connectivity index (χ0) is 6.69. The molecule has 0 unspecified atom stereocenters. The molecule has 0 bridgehead atoms. The minimum Gasteiger partial charge on any atom is -0.292 e. The molecule has 1 aromatic rings. The van der Waals surface area contributed by atoms with Crippen LogP contribution in [0.1, 0.15) is 0 Å². The monoisotopic (exact) mass is 158 g/mol. The first-order chi connectivity index (χ1) is 4.30. The van der Waals surface area contributed by atoms with Crippen LogP contribution in [0.2, 0.25) is 13.1 Å². The molecule has 0 nitrogen and oxygen atoms in total. The number of hydrogen-bond acceptors (Lipinski definition) is 0. The van der Waals surface area contributed by atoms with Crippen LogP contribution in [0.5, 0.6) is 0 Å². The molecule has 0 amide bonds. The van der Waals surface area contributed by atoms with Gasteiger partial charge in [-0.3, -0.25) is 8.80 Å². The Balaban J connectivity index is 0.000000810. The van der Waals surface area contributed by atoms with Crippen LogP contribution in [0.15, 0.2) is 30.3 Å². The molecule has 0 spiro atoms. The Hall–Kier alpha value is 0.437. The maximum Gasteiger partial charge on any atom is 1.00 e. The van der Waals surface area contributed by atoms with E-state index in [1.54, 1.807) is 0 Å². The number of rotatable bonds is 1. The first kappa shape index (κ1) is 10.4. The van der Waals surface area contributed by atoms with Gasteiger partial charge in [0.15, 0.2) is 0 Å². The van der Waals surface area contributed by atoms with Gasteiger partial charge in [0, 0.05) is 0 Å². The third-order valence-corrected chi connectivity index (χ3v) is 2.84. The van der Waals surface area contributed by atoms with Crippen LogP contribution in [-0.2, 0) is 0 Å². The van der Waals surface area contributed by atoms with Crippen LogP contribution in [0, 0.1) is 0 Å². The Morgan fingerprint density at radius 2 is 1.50 bits per heavy atom. The standard InChI is InChI=1S/C8H11Si.Na/c1-9(2)8-6-4-3-5-7-8;/h3-7H,1-2H3;/q-1;+1. The fraction of sp³-hybridized carbons (Fsp3) is 0.250. The fourth-order valence-corrected chi connectivity index (χ4v) is 1.63. The molecule has 2 heteroatoms. The van der Waals surface area contributed by atoms with Crippen LogP contribution < -0.4 is 34.7 Å². The molecule has 0 fully saturated rings. The van der Waals surface area contributed by atoms with Crippen LogP contribution in [-0.4, -0.2) is 8.80 Å². The summed E-state index contributed by atoms with van der Waals surface area (Å²) in [5.74, 6) is 0. The van der Waals surface area contributed by atoms with Crippen molar-refractivity contribution in [3.8, 4) is 0 Å². The summed E-state index contributed by atoms with van der Waals surface area (Å²) in [6, 6.07) is 10.7. The van der Waals surface area contributed by atoms with Gasteiger partial charge < -0.3 is 0 Å². The SMILES string of the molecule is C[Si-](C)c1ccccc1.[Na+]. The van der Waals surface area contributed by atoms with Gasteiger partial charge in [-0.25, -0.2) is 0 Å². The molecule has 0 atom stereocenters. The van der Waals surface area contributed by atoms with Crippen molar-refractivity contribution >= 4 is 14.0 Å². The van der Waals surface area contributed by atoms with Crippen molar-refractivity contribution in [2.45, 2.75) is 13.1 Å². The van der Waals surface area contributed by atoms with E-state index in [0.29, 0.717) is 0 Å². The summed E-state index contributed by atoms with van der Waals surface area (Å²) in [4.78, 5) is 0. The molecule has 10 heavy (non-hydrogen) atoms. The molecule has 0 radical (unpaired) electrons. The third-order valence-electron chi connectivity index (χ3n) is 1.35. The van der Waals surface area contributed by atoms with Crippen LogP contribution in [0.4, 0.5) is 0 Å². The van der Waals surface area contributed by atoms with E-state index in [4.69, 9.17) is 0 Å². The molecular formula is C8H11NaSi. The predicted molar refractivity (Wildman–Crippen MR) is 43.6 cm³/mol. The first-order valence-electron chi connectivity index (χ1n) is 3.16. The molecule has 0 aliphatic heterocycles. The molecule has 0 heterocycles. The van der Waals surface area contributed by atoms with E-state index >= 15 is 0 Å². The van der Waals surface area contributed by atoms with E-state index in [1.165, 1.54) is 5.19 Å². The van der Waals surface area contributed by atoms with Crippen molar-refractivity contribution in [3.05, 3.63) is 30.3 Å². The van der Waals surface area contributed by atoms with Gasteiger partial charge in [0.1, 0.15) is 0 Å². The summed E-state index contributed by atoms with van der Waals surface area (Å²) in [6.45, 7) is 4.61. The van der Waals surface area contributed by atoms with Crippen LogP contribution in [0.25, 0.3) is 0 Å². The van der Waals surface area contributed by atoms with Crippen molar-refractivity contribution in [2.75, 3.05) is 0 Å². The summed E-state index contributed by atoms with van der Waals surface area (Å²) >= 11 is 0. The molecule has 0 saturated heterocycles. The maximum absolute atomic E-state index is 2.31. The third kappa shape index (κ3) is 3.02. The summed E-state index contributed by atoms with van der Waals surface area (Å²) < 4.78 is 0. The summed E-state index contributed by atoms with van der Waals surface area (Å²) in [5, 5.41) is 1.52. The second-order valence-electron chi connectivity index (χ2n) is 2.37. The normalized spacial score (nSPS) is 8.20. The molecule has 0 aliphatic rings. The summed E-state index contributed by atoms with van der Waals surface area (Å²) in [7, 11) is -0.212. The number of hydrogen-bond donors (Lipinski definition) is 0. The minimum absolute atomic E-state index is 0. The zero-order valence-electron chi connectivity index (χ0n) is 6.89. The summed E-state index contributed by atoms with van der Waals surface area (Å²) in [5.41, 5.74) is 0. The van der Waals surface area contributed by atoms with E-state index < -0.39 is 0 Å². The predicted octanol–water partition coefficient (Wildman–Crippen LogP) is -1.35. The average molecular weight is 158 g/mol. The van der Waals surface area contributed by atoms with Gasteiger partial charge in [-0.1, -0.05) is 30.3 Å². The van der Waals surface area contributed by atoms with Crippen molar-refractivity contribution in [1.29, 1.82) is 0 Å². The van der Waals surface area contributed by atoms with Gasteiger partial charge in [0.25, 0.3) is 0 Å². The van der Waals surface area contributed by atoms with Gasteiger partial charge in [0.2, 0.25) is 0 Å². The van der Waals surface area contributed by atoms with Crippen molar-refractivity contribution in [1.82, 2.24) is 0 Å². The topological polar surface area (TPSA) is 0 Å². The quantitative estimate of drug-likeness (QED) is 0.443. The second kappa shape index (κ2) is 5.14. The smallest absolute Gasteiger partial charge is 0.292 e. The Labute approximate surface area is 86.6 Å². The minimum atomic E-state index is -0.212. The molecule has 1 rings (SSSR count). The largest absolute Gasteiger partial charge is 1.00 e. The fourth-order valence-electron chi connectivity index (χ4n) is 0.771. The van der Waals surface area contributed by atoms with E-state index in [9.17, 15) is 0 Å². The van der Waals surface area contributed by atoms with E-state index in [1.807, 2.05) is 0 Å². The van der Waals surface area contributed by atoms with Gasteiger partial charge >= 0.3 is 29.6 Å². The molecule has 0 aromatic heterocycles. The van der Waals surface area contributed by atoms with Gasteiger partial charge in [-0.2, -0.15) is 18.3 Å². The van der Waals surface area contributed by atoms with Gasteiger partial charge in [-0.15, -0.1) is 0 Å². The Morgan fingerprint density at radius 3 is 1.80 bits per heavy atom. The van der Waals surface area contributed by atoms with Crippen molar-refractivity contribution in [2.24, 2.45) is 0 Å². The first-order valence-corrected chi connectivity index (χ1v) is 5.66. The summed E-state index contributed by atoms with van der Waals surface area (Å²) in [6.07, 6.45) is 0. The average Bonchev–Trinajstić information content (AvgIpc) is 1.90. The van der Waals surface area contributed by atoms with E-state index in [-0.39, 0.29) is 38.4 Å². The Morgan fingerprint density at radius 1 is 1.00 bits per heavy atom. The van der Waals surface area contributed by atoms with Crippen LogP contribution >= 0.6 is 0 Å². The van der Waals surface area contributed by atoms with Crippen molar-refractivity contribution < 1.29 is 29.6 Å². The van der Waals surface area contributed by atoms with Gasteiger partial charge in [-0.05, 0) is 0 Å². The Bertz CT molecular complexity index is 172. The van der Waals surface area contributed by atoms with E-state index in [0.717, 1.165) is 0 Å². The van der Waals surface area contributed by atoms with Crippen molar-refractivity contribution in [3.63, 3.8) is 0 Å². The Kier molecular flexibility index (Phi) is 5.36. The number of benzene rings is 1. The van der Waals surface area contributed by atoms with Crippen LogP contribution in [0.3, 0.4) is 0 Å². The second-order valence-corrected chi connectivity index (χ2v) is 4.94. The maximum atomic E-state index is 2.31. The molecule has 48 valence electrons. The van der Waals surface area contributed by atoms with E-state index in [2.05, 4.69) is 43.4 Å². The molecule has 0 saturated carbocycles.